The van der Waals surface area contributed by atoms with Crippen molar-refractivity contribution in [1.82, 2.24) is 4.31 Å². The molecule has 7 nitrogen and oxygen atoms in total. The van der Waals surface area contributed by atoms with Crippen molar-refractivity contribution in [3.8, 4) is 0 Å². The lowest BCUT2D eigenvalue weighted by Crippen LogP contribution is -2.23. The highest BCUT2D eigenvalue weighted by molar-refractivity contribution is 7.89. The molecule has 0 unspecified atom stereocenters. The van der Waals surface area contributed by atoms with Crippen molar-refractivity contribution in [3.05, 3.63) is 59.7 Å². The second-order valence-electron chi connectivity index (χ2n) is 5.18. The molecule has 0 radical (unpaired) electrons. The summed E-state index contributed by atoms with van der Waals surface area (Å²) in [7, 11) is -0.832. The Balaban J connectivity index is 2.34. The SMILES string of the molecule is CN(C)S(=O)(=O)c1cccc(C(=O)Nc2ccccc2C(N)=O)c1. The fourth-order valence-corrected chi connectivity index (χ4v) is 2.96. The average Bonchev–Trinajstić information content (AvgIpc) is 2.55. The van der Waals surface area contributed by atoms with Gasteiger partial charge in [0, 0.05) is 19.7 Å². The molecule has 0 fully saturated rings. The van der Waals surface area contributed by atoms with Gasteiger partial charge in [0.15, 0.2) is 0 Å². The molecule has 0 saturated heterocycles. The smallest absolute Gasteiger partial charge is 0.255 e. The van der Waals surface area contributed by atoms with Gasteiger partial charge in [0.25, 0.3) is 11.8 Å². The van der Waals surface area contributed by atoms with Crippen LogP contribution in [-0.2, 0) is 10.0 Å². The molecule has 8 heteroatoms. The number of carbonyl (C=O) groups is 2. The van der Waals surface area contributed by atoms with Crippen LogP contribution in [0.15, 0.2) is 53.4 Å². The van der Waals surface area contributed by atoms with Gasteiger partial charge in [0.1, 0.15) is 0 Å². The fraction of sp³-hybridized carbons (Fsp3) is 0.125. The summed E-state index contributed by atoms with van der Waals surface area (Å²) in [5.41, 5.74) is 5.85. The highest BCUT2D eigenvalue weighted by Gasteiger charge is 2.19. The number of nitrogens with one attached hydrogen (secondary N) is 1. The zero-order chi connectivity index (χ0) is 17.9. The van der Waals surface area contributed by atoms with Crippen LogP contribution in [0.1, 0.15) is 20.7 Å². The Morgan fingerprint density at radius 3 is 2.33 bits per heavy atom. The molecule has 126 valence electrons. The van der Waals surface area contributed by atoms with E-state index < -0.39 is 21.8 Å². The number of nitrogens with zero attached hydrogens (tertiary/aromatic N) is 1. The predicted molar refractivity (Wildman–Crippen MR) is 90.2 cm³/mol. The monoisotopic (exact) mass is 347 g/mol. The maximum absolute atomic E-state index is 12.4. The van der Waals surface area contributed by atoms with Gasteiger partial charge in [0.2, 0.25) is 10.0 Å². The zero-order valence-electron chi connectivity index (χ0n) is 13.2. The molecule has 2 aromatic carbocycles. The number of nitrogens with two attached hydrogens (primary N) is 1. The van der Waals surface area contributed by atoms with E-state index in [4.69, 9.17) is 5.73 Å². The summed E-state index contributed by atoms with van der Waals surface area (Å²) in [5.74, 6) is -1.21. The lowest BCUT2D eigenvalue weighted by molar-refractivity contribution is 0.100. The maximum atomic E-state index is 12.4. The second kappa shape index (κ2) is 6.81. The molecule has 3 N–H and O–H groups in total. The van der Waals surface area contributed by atoms with Crippen LogP contribution in [0, 0.1) is 0 Å². The van der Waals surface area contributed by atoms with E-state index in [1.165, 1.54) is 44.4 Å². The van der Waals surface area contributed by atoms with Gasteiger partial charge < -0.3 is 11.1 Å². The quantitative estimate of drug-likeness (QED) is 0.849. The molecule has 0 aliphatic carbocycles. The molecule has 2 aromatic rings. The van der Waals surface area contributed by atoms with Gasteiger partial charge in [-0.05, 0) is 30.3 Å². The lowest BCUT2D eigenvalue weighted by atomic mass is 10.1. The van der Waals surface area contributed by atoms with Gasteiger partial charge in [0.05, 0.1) is 16.1 Å². The summed E-state index contributed by atoms with van der Waals surface area (Å²) in [6.07, 6.45) is 0. The van der Waals surface area contributed by atoms with Crippen LogP contribution in [0.25, 0.3) is 0 Å². The third kappa shape index (κ3) is 3.61. The number of para-hydroxylation sites is 1. The molecule has 0 heterocycles. The van der Waals surface area contributed by atoms with Crippen molar-refractivity contribution in [3.63, 3.8) is 0 Å². The average molecular weight is 347 g/mol. The van der Waals surface area contributed by atoms with E-state index in [0.29, 0.717) is 0 Å². The molecule has 0 aromatic heterocycles. The zero-order valence-corrected chi connectivity index (χ0v) is 14.0. The van der Waals surface area contributed by atoms with Gasteiger partial charge in [-0.1, -0.05) is 18.2 Å². The van der Waals surface area contributed by atoms with Gasteiger partial charge in [-0.2, -0.15) is 0 Å². The summed E-state index contributed by atoms with van der Waals surface area (Å²) >= 11 is 0. The minimum Gasteiger partial charge on any atom is -0.366 e. The topological polar surface area (TPSA) is 110 Å². The molecule has 0 spiro atoms. The van der Waals surface area contributed by atoms with Crippen LogP contribution < -0.4 is 11.1 Å². The molecule has 0 aliphatic rings. The van der Waals surface area contributed by atoms with Crippen LogP contribution in [0.2, 0.25) is 0 Å². The number of anilines is 1. The highest BCUT2D eigenvalue weighted by Crippen LogP contribution is 2.18. The van der Waals surface area contributed by atoms with E-state index in [1.807, 2.05) is 0 Å². The Morgan fingerprint density at radius 1 is 1.04 bits per heavy atom. The Labute approximate surface area is 140 Å². The van der Waals surface area contributed by atoms with Crippen molar-refractivity contribution in [1.29, 1.82) is 0 Å². The summed E-state index contributed by atoms with van der Waals surface area (Å²) in [6.45, 7) is 0. The van der Waals surface area contributed by atoms with E-state index in [-0.39, 0.29) is 21.7 Å². The summed E-state index contributed by atoms with van der Waals surface area (Å²) in [6, 6.07) is 11.9. The Bertz CT molecular complexity index is 892. The summed E-state index contributed by atoms with van der Waals surface area (Å²) in [5, 5.41) is 2.57. The number of hydrogen-bond donors (Lipinski definition) is 2. The normalized spacial score (nSPS) is 11.3. The van der Waals surface area contributed by atoms with E-state index in [0.717, 1.165) is 4.31 Å². The molecule has 0 aliphatic heterocycles. The molecular weight excluding hydrogens is 330 g/mol. The lowest BCUT2D eigenvalue weighted by Gasteiger charge is -2.13. The summed E-state index contributed by atoms with van der Waals surface area (Å²) < 4.78 is 25.3. The molecule has 2 amide bonds. The third-order valence-corrected chi connectivity index (χ3v) is 5.13. The molecule has 0 bridgehead atoms. The summed E-state index contributed by atoms with van der Waals surface area (Å²) in [4.78, 5) is 23.8. The van der Waals surface area contributed by atoms with Crippen LogP contribution in [0.4, 0.5) is 5.69 Å². The number of benzene rings is 2. The largest absolute Gasteiger partial charge is 0.366 e. The predicted octanol–water partition coefficient (Wildman–Crippen LogP) is 1.29. The van der Waals surface area contributed by atoms with Crippen LogP contribution >= 0.6 is 0 Å². The second-order valence-corrected chi connectivity index (χ2v) is 7.33. The molecule has 0 saturated carbocycles. The molecule has 0 atom stereocenters. The molecule has 24 heavy (non-hydrogen) atoms. The number of amides is 2. The first-order valence-corrected chi connectivity index (χ1v) is 8.40. The van der Waals surface area contributed by atoms with Crippen molar-refractivity contribution < 1.29 is 18.0 Å². The fourth-order valence-electron chi connectivity index (χ4n) is 2.01. The van der Waals surface area contributed by atoms with E-state index in [9.17, 15) is 18.0 Å². The van der Waals surface area contributed by atoms with Gasteiger partial charge >= 0.3 is 0 Å². The first kappa shape index (κ1) is 17.6. The number of sulfonamides is 1. The Morgan fingerprint density at radius 2 is 1.71 bits per heavy atom. The van der Waals surface area contributed by atoms with E-state index in [1.54, 1.807) is 18.2 Å². The van der Waals surface area contributed by atoms with E-state index in [2.05, 4.69) is 5.32 Å². The van der Waals surface area contributed by atoms with Crippen LogP contribution in [0.3, 0.4) is 0 Å². The minimum absolute atomic E-state index is 0.00309. The first-order chi connectivity index (χ1) is 11.2. The highest BCUT2D eigenvalue weighted by atomic mass is 32.2. The van der Waals surface area contributed by atoms with Crippen molar-refractivity contribution in [2.24, 2.45) is 5.73 Å². The van der Waals surface area contributed by atoms with Crippen LogP contribution in [-0.4, -0.2) is 38.6 Å². The van der Waals surface area contributed by atoms with Crippen molar-refractivity contribution >= 4 is 27.5 Å². The van der Waals surface area contributed by atoms with Gasteiger partial charge in [-0.25, -0.2) is 12.7 Å². The minimum atomic E-state index is -3.65. The standard InChI is InChI=1S/C16H17N3O4S/c1-19(2)24(22,23)12-7-5-6-11(10-12)16(21)18-14-9-4-3-8-13(14)15(17)20/h3-10H,1-2H3,(H2,17,20)(H,18,21). The number of hydrogen-bond acceptors (Lipinski definition) is 4. The van der Waals surface area contributed by atoms with Gasteiger partial charge in [-0.3, -0.25) is 9.59 Å². The molecular formula is C16H17N3O4S. The number of carbonyl (C=O) groups excluding carboxylic acids is 2. The van der Waals surface area contributed by atoms with Gasteiger partial charge in [-0.15, -0.1) is 0 Å². The van der Waals surface area contributed by atoms with Crippen molar-refractivity contribution in [2.75, 3.05) is 19.4 Å². The first-order valence-electron chi connectivity index (χ1n) is 6.96. The maximum Gasteiger partial charge on any atom is 0.255 e. The third-order valence-electron chi connectivity index (χ3n) is 3.32. The Kier molecular flexibility index (Phi) is 5.01. The van der Waals surface area contributed by atoms with Crippen LogP contribution in [0.5, 0.6) is 0 Å². The van der Waals surface area contributed by atoms with Crippen molar-refractivity contribution in [2.45, 2.75) is 4.90 Å². The number of primary amides is 1. The Hall–Kier alpha value is -2.71. The number of rotatable bonds is 5. The van der Waals surface area contributed by atoms with E-state index >= 15 is 0 Å². The molecule has 2 rings (SSSR count).